The average molecular weight is 886 g/mol. The number of carbonyl (C=O) groups is 3. The molecule has 61 heavy (non-hydrogen) atoms. The number of hydrogen-bond donors (Lipinski definition) is 4. The summed E-state index contributed by atoms with van der Waals surface area (Å²) in [5.74, 6) is 0.845. The van der Waals surface area contributed by atoms with E-state index in [4.69, 9.17) is 33.3 Å². The van der Waals surface area contributed by atoms with Gasteiger partial charge in [0.25, 0.3) is 0 Å². The third kappa shape index (κ3) is 19.1. The number of rotatable bonds is 34. The van der Waals surface area contributed by atoms with Crippen molar-refractivity contribution in [1.82, 2.24) is 21.3 Å². The molecular formula is C43H67N7O9SSi. The van der Waals surface area contributed by atoms with Crippen LogP contribution in [0.15, 0.2) is 65.8 Å². The predicted octanol–water partition coefficient (Wildman–Crippen LogP) is 4.34. The summed E-state index contributed by atoms with van der Waals surface area (Å²) in [5.41, 5.74) is 7.77. The highest BCUT2D eigenvalue weighted by atomic mass is 32.2. The van der Waals surface area contributed by atoms with Gasteiger partial charge in [-0.05, 0) is 55.4 Å². The number of nitrogens with one attached hydrogen (secondary N) is 4. The predicted molar refractivity (Wildman–Crippen MR) is 239 cm³/mol. The molecule has 2 aromatic rings. The molecule has 0 bridgehead atoms. The van der Waals surface area contributed by atoms with Crippen LogP contribution >= 0.6 is 11.8 Å². The molecule has 0 saturated carbocycles. The molecule has 2 aromatic carbocycles. The number of thioether (sulfide) groups is 1. The van der Waals surface area contributed by atoms with Crippen molar-refractivity contribution in [2.75, 3.05) is 84.8 Å². The van der Waals surface area contributed by atoms with Crippen molar-refractivity contribution in [3.8, 4) is 0 Å². The Morgan fingerprint density at radius 1 is 0.770 bits per heavy atom. The summed E-state index contributed by atoms with van der Waals surface area (Å²) in [5, 5.41) is 17.9. The number of benzene rings is 2. The number of unbranched alkanes of at least 4 members (excludes halogenated alkanes) is 4. The van der Waals surface area contributed by atoms with Crippen LogP contribution in [0.25, 0.3) is 10.4 Å². The molecule has 18 heteroatoms. The lowest BCUT2D eigenvalue weighted by atomic mass is 10.0. The van der Waals surface area contributed by atoms with E-state index in [1.807, 2.05) is 62.0 Å². The average Bonchev–Trinajstić information content (AvgIpc) is 3.83. The van der Waals surface area contributed by atoms with Gasteiger partial charge in [0.15, 0.2) is 0 Å². The first-order valence-corrected chi connectivity index (χ1v) is 24.6. The van der Waals surface area contributed by atoms with Crippen LogP contribution in [-0.2, 0) is 37.4 Å². The Balaban J connectivity index is 0.997. The second-order valence-electron chi connectivity index (χ2n) is 15.6. The van der Waals surface area contributed by atoms with Crippen LogP contribution in [-0.4, -0.2) is 134 Å². The van der Waals surface area contributed by atoms with Crippen LogP contribution in [0.3, 0.4) is 0 Å². The minimum Gasteiger partial charge on any atom is -0.388 e. The first kappa shape index (κ1) is 49.9. The number of nitrogens with zero attached hydrogens (tertiary/aromatic N) is 3. The van der Waals surface area contributed by atoms with E-state index >= 15 is 0 Å². The Bertz CT molecular complexity index is 1570. The Morgan fingerprint density at radius 3 is 2.03 bits per heavy atom. The molecular weight excluding hydrogens is 819 g/mol. The molecule has 16 nitrogen and oxygen atoms in total. The van der Waals surface area contributed by atoms with Crippen LogP contribution in [0.5, 0.6) is 0 Å². The first-order chi connectivity index (χ1) is 29.7. The van der Waals surface area contributed by atoms with Crippen LogP contribution in [0.2, 0.25) is 0 Å². The molecule has 2 fully saturated rings. The fourth-order valence-corrected chi connectivity index (χ4v) is 12.1. The van der Waals surface area contributed by atoms with Gasteiger partial charge < -0.3 is 49.1 Å². The normalized spacial score (nSPS) is 17.3. The van der Waals surface area contributed by atoms with Crippen LogP contribution < -0.4 is 31.6 Å². The van der Waals surface area contributed by atoms with Gasteiger partial charge in [-0.15, -0.1) is 0 Å². The van der Waals surface area contributed by atoms with Gasteiger partial charge >= 0.3 is 14.6 Å². The molecule has 2 aliphatic rings. The number of ether oxygens (including phenoxy) is 4. The number of hydrogen-bond acceptors (Lipinski definition) is 11. The van der Waals surface area contributed by atoms with Gasteiger partial charge in [-0.25, -0.2) is 4.79 Å². The summed E-state index contributed by atoms with van der Waals surface area (Å²) < 4.78 is 36.2. The molecule has 0 aliphatic carbocycles. The van der Waals surface area contributed by atoms with E-state index in [0.29, 0.717) is 77.6 Å². The third-order valence-electron chi connectivity index (χ3n) is 10.2. The third-order valence-corrected chi connectivity index (χ3v) is 15.3. The summed E-state index contributed by atoms with van der Waals surface area (Å²) >= 11 is 1.90. The van der Waals surface area contributed by atoms with Crippen LogP contribution in [0.1, 0.15) is 71.6 Å². The molecule has 0 radical (unpaired) electrons. The fraction of sp³-hybridized carbons (Fsp3) is 0.651. The molecule has 4 N–H and O–H groups in total. The van der Waals surface area contributed by atoms with Crippen LogP contribution in [0, 0.1) is 0 Å². The zero-order valence-corrected chi connectivity index (χ0v) is 37.8. The van der Waals surface area contributed by atoms with Gasteiger partial charge in [-0.3, -0.25) is 9.59 Å². The van der Waals surface area contributed by atoms with E-state index in [1.54, 1.807) is 0 Å². The van der Waals surface area contributed by atoms with Crippen molar-refractivity contribution < 1.29 is 42.2 Å². The molecule has 2 heterocycles. The van der Waals surface area contributed by atoms with E-state index in [-0.39, 0.29) is 49.5 Å². The number of urea groups is 1. The van der Waals surface area contributed by atoms with Gasteiger partial charge in [0.1, 0.15) is 0 Å². The number of azide groups is 1. The van der Waals surface area contributed by atoms with Gasteiger partial charge in [0.05, 0.1) is 70.5 Å². The Labute approximate surface area is 366 Å². The van der Waals surface area contributed by atoms with Crippen molar-refractivity contribution in [1.29, 1.82) is 0 Å². The SMILES string of the molecule is CC(C)(CNC(=O)CCOCCOCCOCCOCCNC(=O)CCCC[C@@H]1SC[C@@H]2NC(=O)N[C@@H]21)O[Si](OCCCCCCN=[N+]=[N-])(c1ccccc1)c1ccccc1. The second kappa shape index (κ2) is 28.8. The minimum absolute atomic E-state index is 0.0281. The molecule has 2 saturated heterocycles. The van der Waals surface area contributed by atoms with E-state index in [0.717, 1.165) is 61.1 Å². The zero-order valence-electron chi connectivity index (χ0n) is 36.0. The fourth-order valence-electron chi connectivity index (χ4n) is 7.07. The highest BCUT2D eigenvalue weighted by molar-refractivity contribution is 8.00. The highest BCUT2D eigenvalue weighted by Gasteiger charge is 2.47. The first-order valence-electron chi connectivity index (χ1n) is 21.7. The van der Waals surface area contributed by atoms with Gasteiger partial charge in [0.2, 0.25) is 11.8 Å². The quantitative estimate of drug-likeness (QED) is 0.0196. The smallest absolute Gasteiger partial charge is 0.388 e. The number of carbonyl (C=O) groups excluding carboxylic acids is 3. The number of amides is 4. The summed E-state index contributed by atoms with van der Waals surface area (Å²) in [6.45, 7) is 8.85. The number of fused-ring (bicyclic) bond motifs is 1. The molecule has 338 valence electrons. The van der Waals surface area contributed by atoms with Gasteiger partial charge in [-0.1, -0.05) is 85.0 Å². The van der Waals surface area contributed by atoms with Gasteiger partial charge in [-0.2, -0.15) is 11.8 Å². The van der Waals surface area contributed by atoms with Crippen molar-refractivity contribution in [2.45, 2.75) is 94.6 Å². The molecule has 0 aromatic heterocycles. The van der Waals surface area contributed by atoms with E-state index in [1.165, 1.54) is 0 Å². The zero-order chi connectivity index (χ0) is 43.4. The van der Waals surface area contributed by atoms with Crippen molar-refractivity contribution in [3.63, 3.8) is 0 Å². The topological polar surface area (TPSA) is 203 Å². The summed E-state index contributed by atoms with van der Waals surface area (Å²) in [6.07, 6.45) is 7.08. The molecule has 0 unspecified atom stereocenters. The molecule has 4 rings (SSSR count). The lowest BCUT2D eigenvalue weighted by molar-refractivity contribution is -0.123. The summed E-state index contributed by atoms with van der Waals surface area (Å²) in [7, 11) is -3.21. The minimum atomic E-state index is -3.21. The largest absolute Gasteiger partial charge is 0.407 e. The lowest BCUT2D eigenvalue weighted by Gasteiger charge is -2.39. The molecule has 4 amide bonds. The van der Waals surface area contributed by atoms with Crippen molar-refractivity contribution in [2.24, 2.45) is 5.11 Å². The Kier molecular flexibility index (Phi) is 23.6. The van der Waals surface area contributed by atoms with Crippen molar-refractivity contribution in [3.05, 3.63) is 71.1 Å². The van der Waals surface area contributed by atoms with E-state index in [9.17, 15) is 14.4 Å². The maximum atomic E-state index is 12.8. The maximum Gasteiger partial charge on any atom is 0.407 e. The monoisotopic (exact) mass is 885 g/mol. The Hall–Kier alpha value is -3.71. The van der Waals surface area contributed by atoms with E-state index in [2.05, 4.69) is 55.6 Å². The van der Waals surface area contributed by atoms with E-state index < -0.39 is 14.2 Å². The van der Waals surface area contributed by atoms with Crippen LogP contribution in [0.4, 0.5) is 4.79 Å². The standard InChI is InChI=1S/C43H67N7O9SSi/c1-43(2,59-61(35-15-7-5-8-16-35,36-17-9-6-10-18-36)58-24-14-4-3-13-22-47-50-44)34-46-40(52)21-25-54-27-29-56-31-32-57-30-28-55-26-23-45-39(51)20-12-11-19-38-41-37(33-60-38)48-42(53)49-41/h5-10,15-18,37-38,41H,3-4,11-14,19-34H2,1-2H3,(H,45,51)(H,46,52)(H2,48,49,53)/t37-,38-,41-/m0/s1. The highest BCUT2D eigenvalue weighted by Crippen LogP contribution is 2.33. The van der Waals surface area contributed by atoms with Gasteiger partial charge in [0, 0.05) is 55.0 Å². The molecule has 3 atom stereocenters. The van der Waals surface area contributed by atoms with Crippen molar-refractivity contribution >= 4 is 48.5 Å². The second-order valence-corrected chi connectivity index (χ2v) is 19.8. The summed E-state index contributed by atoms with van der Waals surface area (Å²) in [4.78, 5) is 39.3. The molecule has 2 aliphatic heterocycles. The maximum absolute atomic E-state index is 12.8. The lowest BCUT2D eigenvalue weighted by Crippen LogP contribution is -2.67. The summed E-state index contributed by atoms with van der Waals surface area (Å²) in [6, 6.07) is 20.5. The Morgan fingerprint density at radius 2 is 1.38 bits per heavy atom. The molecule has 0 spiro atoms.